The monoisotopic (exact) mass is 416 g/mol. The minimum Gasteiger partial charge on any atom is -0.497 e. The van der Waals surface area contributed by atoms with E-state index in [-0.39, 0.29) is 11.8 Å². The van der Waals surface area contributed by atoms with Gasteiger partial charge < -0.3 is 19.5 Å². The Morgan fingerprint density at radius 3 is 2.52 bits per heavy atom. The summed E-state index contributed by atoms with van der Waals surface area (Å²) in [4.78, 5) is 31.5. The van der Waals surface area contributed by atoms with Gasteiger partial charge in [0.25, 0.3) is 0 Å². The Balaban J connectivity index is 1.53. The molecule has 3 aromatic rings. The molecule has 2 amide bonds. The summed E-state index contributed by atoms with van der Waals surface area (Å²) >= 11 is 0. The molecule has 158 valence electrons. The van der Waals surface area contributed by atoms with E-state index in [1.807, 2.05) is 47.4 Å². The van der Waals surface area contributed by atoms with Crippen molar-refractivity contribution in [1.29, 1.82) is 0 Å². The molecule has 2 aliphatic heterocycles. The van der Waals surface area contributed by atoms with Crippen molar-refractivity contribution < 1.29 is 14.3 Å². The zero-order valence-electron chi connectivity index (χ0n) is 17.4. The molecule has 7 nitrogen and oxygen atoms in total. The first-order valence-electron chi connectivity index (χ1n) is 10.5. The van der Waals surface area contributed by atoms with Gasteiger partial charge in [0.15, 0.2) is 0 Å². The van der Waals surface area contributed by atoms with Gasteiger partial charge in [-0.1, -0.05) is 30.3 Å². The number of amides is 2. The number of rotatable bonds is 4. The Labute approximate surface area is 180 Å². The highest BCUT2D eigenvalue weighted by molar-refractivity contribution is 5.91. The molecular formula is C24H24N4O3. The molecule has 7 heteroatoms. The van der Waals surface area contributed by atoms with Crippen LogP contribution in [-0.2, 0) is 22.7 Å². The number of benzene rings is 2. The third kappa shape index (κ3) is 3.56. The van der Waals surface area contributed by atoms with Crippen LogP contribution >= 0.6 is 0 Å². The van der Waals surface area contributed by atoms with Gasteiger partial charge in [-0.05, 0) is 30.7 Å². The van der Waals surface area contributed by atoms with Crippen LogP contribution in [0.3, 0.4) is 0 Å². The number of hydrogen-bond donors (Lipinski definition) is 1. The average Bonchev–Trinajstić information content (AvgIpc) is 3.42. The molecule has 2 aromatic carbocycles. The quantitative estimate of drug-likeness (QED) is 0.710. The first-order chi connectivity index (χ1) is 15.1. The van der Waals surface area contributed by atoms with Gasteiger partial charge in [0.2, 0.25) is 11.8 Å². The molecule has 31 heavy (non-hydrogen) atoms. The van der Waals surface area contributed by atoms with E-state index in [2.05, 4.69) is 22.0 Å². The summed E-state index contributed by atoms with van der Waals surface area (Å²) in [7, 11) is 1.65. The molecule has 1 saturated heterocycles. The predicted molar refractivity (Wildman–Crippen MR) is 116 cm³/mol. The standard InChI is InChI=1S/C24H24N4O3/c1-31-18-9-7-16(8-10-18)22-20-15-27(24(30)19-11-12-21(29)25-19)13-14-28(20)23(26-22)17-5-3-2-4-6-17/h2-10,19H,11-15H2,1H3,(H,25,29). The number of imidazole rings is 1. The van der Waals surface area contributed by atoms with E-state index in [0.29, 0.717) is 32.5 Å². The number of fused-ring (bicyclic) bond motifs is 1. The Morgan fingerprint density at radius 1 is 1.06 bits per heavy atom. The third-order valence-electron chi connectivity index (χ3n) is 6.01. The topological polar surface area (TPSA) is 76.5 Å². The highest BCUT2D eigenvalue weighted by atomic mass is 16.5. The van der Waals surface area contributed by atoms with E-state index in [4.69, 9.17) is 9.72 Å². The lowest BCUT2D eigenvalue weighted by Crippen LogP contribution is -2.47. The molecule has 0 radical (unpaired) electrons. The van der Waals surface area contributed by atoms with Crippen molar-refractivity contribution in [2.75, 3.05) is 13.7 Å². The van der Waals surface area contributed by atoms with Crippen molar-refractivity contribution in [3.8, 4) is 28.4 Å². The van der Waals surface area contributed by atoms with Gasteiger partial charge in [-0.15, -0.1) is 0 Å². The van der Waals surface area contributed by atoms with Gasteiger partial charge in [-0.3, -0.25) is 9.59 Å². The van der Waals surface area contributed by atoms with E-state index in [0.717, 1.165) is 34.1 Å². The van der Waals surface area contributed by atoms with E-state index < -0.39 is 6.04 Å². The number of ether oxygens (including phenoxy) is 1. The SMILES string of the molecule is COc1ccc(-c2nc(-c3ccccc3)n3c2CN(C(=O)C2CCC(=O)N2)CC3)cc1. The Hall–Kier alpha value is -3.61. The summed E-state index contributed by atoms with van der Waals surface area (Å²) in [6, 6.07) is 17.5. The molecule has 0 aliphatic carbocycles. The smallest absolute Gasteiger partial charge is 0.245 e. The molecule has 1 N–H and O–H groups in total. The summed E-state index contributed by atoms with van der Waals surface area (Å²) in [5.74, 6) is 1.63. The van der Waals surface area contributed by atoms with Gasteiger partial charge in [-0.2, -0.15) is 0 Å². The average molecular weight is 416 g/mol. The third-order valence-corrected chi connectivity index (χ3v) is 6.01. The van der Waals surface area contributed by atoms with E-state index >= 15 is 0 Å². The minimum atomic E-state index is -0.417. The summed E-state index contributed by atoms with van der Waals surface area (Å²) in [6.07, 6.45) is 0.978. The van der Waals surface area contributed by atoms with Crippen LogP contribution in [0.2, 0.25) is 0 Å². The maximum atomic E-state index is 13.0. The molecule has 5 rings (SSSR count). The van der Waals surface area contributed by atoms with Gasteiger partial charge >= 0.3 is 0 Å². The van der Waals surface area contributed by atoms with E-state index in [9.17, 15) is 9.59 Å². The summed E-state index contributed by atoms with van der Waals surface area (Å²) in [5.41, 5.74) is 3.91. The van der Waals surface area contributed by atoms with Gasteiger partial charge in [0.05, 0.1) is 25.0 Å². The molecule has 0 bridgehead atoms. The fraction of sp³-hybridized carbons (Fsp3) is 0.292. The van der Waals surface area contributed by atoms with Crippen LogP contribution in [0.25, 0.3) is 22.6 Å². The van der Waals surface area contributed by atoms with Crippen molar-refractivity contribution in [3.05, 3.63) is 60.3 Å². The van der Waals surface area contributed by atoms with Crippen LogP contribution < -0.4 is 10.1 Å². The largest absolute Gasteiger partial charge is 0.497 e. The number of nitrogens with zero attached hydrogens (tertiary/aromatic N) is 3. The van der Waals surface area contributed by atoms with Gasteiger partial charge in [0, 0.05) is 30.6 Å². The highest BCUT2D eigenvalue weighted by Gasteiger charge is 2.34. The highest BCUT2D eigenvalue weighted by Crippen LogP contribution is 2.33. The predicted octanol–water partition coefficient (Wildman–Crippen LogP) is 2.85. The Morgan fingerprint density at radius 2 is 1.84 bits per heavy atom. The molecular weight excluding hydrogens is 392 g/mol. The summed E-state index contributed by atoms with van der Waals surface area (Å²) in [5, 5.41) is 2.80. The minimum absolute atomic E-state index is 0.0137. The summed E-state index contributed by atoms with van der Waals surface area (Å²) in [6.45, 7) is 1.72. The van der Waals surface area contributed by atoms with Crippen molar-refractivity contribution in [1.82, 2.24) is 19.8 Å². The second-order valence-electron chi connectivity index (χ2n) is 7.90. The molecule has 1 aromatic heterocycles. The fourth-order valence-electron chi connectivity index (χ4n) is 4.36. The zero-order chi connectivity index (χ0) is 21.4. The fourth-order valence-corrected chi connectivity index (χ4v) is 4.36. The second-order valence-corrected chi connectivity index (χ2v) is 7.90. The van der Waals surface area contributed by atoms with Crippen LogP contribution in [0.5, 0.6) is 5.75 Å². The van der Waals surface area contributed by atoms with Crippen molar-refractivity contribution in [2.24, 2.45) is 0 Å². The van der Waals surface area contributed by atoms with E-state index in [1.165, 1.54) is 0 Å². The first-order valence-corrected chi connectivity index (χ1v) is 10.5. The van der Waals surface area contributed by atoms with Gasteiger partial charge in [0.1, 0.15) is 17.6 Å². The number of nitrogens with one attached hydrogen (secondary N) is 1. The van der Waals surface area contributed by atoms with Gasteiger partial charge in [-0.25, -0.2) is 4.98 Å². The maximum Gasteiger partial charge on any atom is 0.245 e. The number of aromatic nitrogens is 2. The maximum absolute atomic E-state index is 13.0. The zero-order valence-corrected chi connectivity index (χ0v) is 17.4. The van der Waals surface area contributed by atoms with Crippen LogP contribution in [0.15, 0.2) is 54.6 Å². The van der Waals surface area contributed by atoms with Crippen LogP contribution in [0.4, 0.5) is 0 Å². The van der Waals surface area contributed by atoms with Crippen LogP contribution in [0, 0.1) is 0 Å². The van der Waals surface area contributed by atoms with Crippen molar-refractivity contribution in [2.45, 2.75) is 32.0 Å². The summed E-state index contributed by atoms with van der Waals surface area (Å²) < 4.78 is 7.51. The number of carbonyl (C=O) groups excluding carboxylic acids is 2. The Bertz CT molecular complexity index is 1120. The molecule has 0 saturated carbocycles. The normalized spacial score (nSPS) is 17.9. The first kappa shape index (κ1) is 19.4. The number of hydrogen-bond acceptors (Lipinski definition) is 4. The lowest BCUT2D eigenvalue weighted by atomic mass is 10.1. The van der Waals surface area contributed by atoms with Crippen LogP contribution in [0.1, 0.15) is 18.5 Å². The van der Waals surface area contributed by atoms with Crippen molar-refractivity contribution >= 4 is 11.8 Å². The Kier molecular flexibility index (Phi) is 4.94. The molecule has 1 fully saturated rings. The molecule has 1 unspecified atom stereocenters. The molecule has 1 atom stereocenters. The van der Waals surface area contributed by atoms with Crippen LogP contribution in [-0.4, -0.2) is 46.0 Å². The molecule has 2 aliphatic rings. The van der Waals surface area contributed by atoms with E-state index in [1.54, 1.807) is 7.11 Å². The number of carbonyl (C=O) groups is 2. The molecule has 3 heterocycles. The second kappa shape index (κ2) is 7.91. The molecule has 0 spiro atoms. The lowest BCUT2D eigenvalue weighted by Gasteiger charge is -2.31. The lowest BCUT2D eigenvalue weighted by molar-refractivity contribution is -0.135. The van der Waals surface area contributed by atoms with Crippen molar-refractivity contribution in [3.63, 3.8) is 0 Å². The number of methoxy groups -OCH3 is 1.